The topological polar surface area (TPSA) is 105 Å². The van der Waals surface area contributed by atoms with Crippen LogP contribution in [-0.4, -0.2) is 81.9 Å². The summed E-state index contributed by atoms with van der Waals surface area (Å²) in [5, 5.41) is 10.6. The fourth-order valence-electron chi connectivity index (χ4n) is 4.44. The molecule has 4 rings (SSSR count). The van der Waals surface area contributed by atoms with E-state index in [2.05, 4.69) is 9.97 Å². The highest BCUT2D eigenvalue weighted by molar-refractivity contribution is 6.30. The van der Waals surface area contributed by atoms with E-state index in [-0.39, 0.29) is 55.5 Å². The fraction of sp³-hybridized carbons (Fsp3) is 0.435. The quantitative estimate of drug-likeness (QED) is 0.609. The molecule has 8 nitrogen and oxygen atoms in total. The Balaban J connectivity index is 1.49. The third-order valence-electron chi connectivity index (χ3n) is 6.29. The minimum atomic E-state index is -0.610. The van der Waals surface area contributed by atoms with E-state index in [0.717, 1.165) is 6.07 Å². The van der Waals surface area contributed by atoms with E-state index in [9.17, 15) is 18.7 Å². The first-order valence-corrected chi connectivity index (χ1v) is 11.3. The van der Waals surface area contributed by atoms with Crippen LogP contribution in [0.1, 0.15) is 29.5 Å². The van der Waals surface area contributed by atoms with Crippen LogP contribution in [0.3, 0.4) is 0 Å². The van der Waals surface area contributed by atoms with E-state index < -0.39 is 18.6 Å². The first-order valence-electron chi connectivity index (χ1n) is 10.9. The average molecular weight is 494 g/mol. The van der Waals surface area contributed by atoms with E-state index in [4.69, 9.17) is 22.1 Å². The maximum absolute atomic E-state index is 14.0. The van der Waals surface area contributed by atoms with Crippen LogP contribution in [-0.2, 0) is 0 Å². The number of amides is 1. The second-order valence-corrected chi connectivity index (χ2v) is 8.90. The number of aromatic nitrogens is 2. The number of nitrogens with zero attached hydrogens (tertiary/aromatic N) is 4. The van der Waals surface area contributed by atoms with E-state index in [1.807, 2.05) is 11.8 Å². The third-order valence-corrected chi connectivity index (χ3v) is 6.48. The van der Waals surface area contributed by atoms with Gasteiger partial charge in [0.1, 0.15) is 24.8 Å². The van der Waals surface area contributed by atoms with Crippen LogP contribution in [0.2, 0.25) is 5.02 Å². The molecule has 0 radical (unpaired) electrons. The summed E-state index contributed by atoms with van der Waals surface area (Å²) in [6.45, 7) is 1.85. The Morgan fingerprint density at radius 3 is 2.76 bits per heavy atom. The monoisotopic (exact) mass is 493 g/mol. The minimum Gasteiger partial charge on any atom is -0.491 e. The lowest BCUT2D eigenvalue weighted by atomic mass is 10.1. The smallest absolute Gasteiger partial charge is 0.258 e. The zero-order valence-electron chi connectivity index (χ0n) is 18.6. The number of aliphatic hydroxyl groups excluding tert-OH is 1. The van der Waals surface area contributed by atoms with E-state index in [1.165, 1.54) is 29.4 Å². The van der Waals surface area contributed by atoms with Crippen molar-refractivity contribution in [3.63, 3.8) is 0 Å². The van der Waals surface area contributed by atoms with Gasteiger partial charge in [-0.1, -0.05) is 11.6 Å². The summed E-state index contributed by atoms with van der Waals surface area (Å²) < 4.78 is 32.9. The van der Waals surface area contributed by atoms with Crippen LogP contribution in [0.15, 0.2) is 36.3 Å². The molecule has 2 aromatic rings. The molecule has 1 amide bonds. The summed E-state index contributed by atoms with van der Waals surface area (Å²) in [5.41, 5.74) is 7.40. The summed E-state index contributed by atoms with van der Waals surface area (Å²) in [5.74, 6) is -0.479. The van der Waals surface area contributed by atoms with Crippen molar-refractivity contribution in [1.29, 1.82) is 0 Å². The number of rotatable bonds is 7. The van der Waals surface area contributed by atoms with Crippen LogP contribution in [0.25, 0.3) is 5.57 Å². The first-order chi connectivity index (χ1) is 16.3. The molecule has 182 valence electrons. The van der Waals surface area contributed by atoms with Crippen molar-refractivity contribution in [2.75, 3.05) is 32.9 Å². The summed E-state index contributed by atoms with van der Waals surface area (Å²) in [6.07, 6.45) is 2.69. The Kier molecular flexibility index (Phi) is 7.30. The number of carbonyl (C=O) groups excluding carboxylic acids is 1. The second-order valence-electron chi connectivity index (χ2n) is 8.47. The lowest BCUT2D eigenvalue weighted by Gasteiger charge is -2.27. The van der Waals surface area contributed by atoms with Gasteiger partial charge in [0.15, 0.2) is 5.82 Å². The summed E-state index contributed by atoms with van der Waals surface area (Å²) in [4.78, 5) is 25.0. The Morgan fingerprint density at radius 2 is 2.06 bits per heavy atom. The van der Waals surface area contributed by atoms with Crippen LogP contribution in [0, 0.1) is 5.82 Å². The molecule has 0 aliphatic carbocycles. The van der Waals surface area contributed by atoms with Crippen molar-refractivity contribution < 1.29 is 23.4 Å². The molecule has 3 atom stereocenters. The molecule has 34 heavy (non-hydrogen) atoms. The average Bonchev–Trinajstić information content (AvgIpc) is 3.33. The fourth-order valence-corrected chi connectivity index (χ4v) is 4.53. The largest absolute Gasteiger partial charge is 0.491 e. The number of hydrogen-bond acceptors (Lipinski definition) is 7. The van der Waals surface area contributed by atoms with Gasteiger partial charge < -0.3 is 20.5 Å². The molecular formula is C23H26ClF2N5O3. The number of benzene rings is 1. The van der Waals surface area contributed by atoms with Crippen LogP contribution >= 0.6 is 11.6 Å². The van der Waals surface area contributed by atoms with Crippen LogP contribution in [0.5, 0.6) is 5.75 Å². The molecule has 1 aromatic carbocycles. The van der Waals surface area contributed by atoms with Gasteiger partial charge in [-0.3, -0.25) is 9.69 Å². The van der Waals surface area contributed by atoms with Gasteiger partial charge in [0, 0.05) is 48.4 Å². The molecule has 2 aliphatic rings. The zero-order valence-corrected chi connectivity index (χ0v) is 19.4. The maximum Gasteiger partial charge on any atom is 0.258 e. The molecule has 1 fully saturated rings. The van der Waals surface area contributed by atoms with Crippen LogP contribution in [0.4, 0.5) is 8.78 Å². The Bertz CT molecular complexity index is 1080. The highest BCUT2D eigenvalue weighted by Crippen LogP contribution is 2.29. The van der Waals surface area contributed by atoms with Crippen LogP contribution < -0.4 is 10.5 Å². The van der Waals surface area contributed by atoms with Gasteiger partial charge in [-0.05, 0) is 25.5 Å². The number of hydrogen-bond donors (Lipinski definition) is 2. The first kappa shape index (κ1) is 24.3. The minimum absolute atomic E-state index is 0.0778. The van der Waals surface area contributed by atoms with Crippen molar-refractivity contribution in [1.82, 2.24) is 19.8 Å². The maximum atomic E-state index is 14.0. The predicted octanol–water partition coefficient (Wildman–Crippen LogP) is 2.27. The summed E-state index contributed by atoms with van der Waals surface area (Å²) in [7, 11) is 0. The van der Waals surface area contributed by atoms with Gasteiger partial charge in [-0.15, -0.1) is 0 Å². The number of nitrogens with two attached hydrogens (primary N) is 1. The van der Waals surface area contributed by atoms with E-state index in [1.54, 1.807) is 0 Å². The molecule has 1 saturated heterocycles. The molecule has 2 aliphatic heterocycles. The van der Waals surface area contributed by atoms with Crippen molar-refractivity contribution in [3.05, 3.63) is 58.5 Å². The van der Waals surface area contributed by atoms with Crippen molar-refractivity contribution in [2.24, 2.45) is 5.73 Å². The van der Waals surface area contributed by atoms with Gasteiger partial charge in [0.2, 0.25) is 0 Å². The number of alkyl halides is 1. The second kappa shape index (κ2) is 10.2. The van der Waals surface area contributed by atoms with E-state index in [0.29, 0.717) is 28.5 Å². The molecule has 0 spiro atoms. The number of likely N-dealkylation sites (tertiary alicyclic amines) is 1. The van der Waals surface area contributed by atoms with Crippen molar-refractivity contribution >= 4 is 23.1 Å². The zero-order chi connectivity index (χ0) is 24.4. The molecule has 0 saturated carbocycles. The van der Waals surface area contributed by atoms with Gasteiger partial charge in [0.05, 0.1) is 29.8 Å². The molecule has 3 heterocycles. The SMILES string of the molecule is CC1C(O)CC(COc2cc(F)ccc2C(=O)N2CC(N)=C(c3ncc(Cl)cn3)C2)N1CCF. The lowest BCUT2D eigenvalue weighted by molar-refractivity contribution is 0.0790. The molecule has 11 heteroatoms. The Morgan fingerprint density at radius 1 is 1.32 bits per heavy atom. The number of aliphatic hydroxyl groups is 1. The Labute approximate surface area is 201 Å². The van der Waals surface area contributed by atoms with Gasteiger partial charge in [0.25, 0.3) is 5.91 Å². The third kappa shape index (κ3) is 4.98. The number of halogens is 3. The molecule has 1 aromatic heterocycles. The van der Waals surface area contributed by atoms with Crippen molar-refractivity contribution in [3.8, 4) is 5.75 Å². The summed E-state index contributed by atoms with van der Waals surface area (Å²) >= 11 is 5.85. The van der Waals surface area contributed by atoms with E-state index >= 15 is 0 Å². The molecule has 3 unspecified atom stereocenters. The summed E-state index contributed by atoms with van der Waals surface area (Å²) in [6, 6.07) is 3.23. The highest BCUT2D eigenvalue weighted by atomic mass is 35.5. The number of carbonyl (C=O) groups is 1. The van der Waals surface area contributed by atoms with Gasteiger partial charge >= 0.3 is 0 Å². The predicted molar refractivity (Wildman–Crippen MR) is 123 cm³/mol. The molecule has 0 bridgehead atoms. The van der Waals surface area contributed by atoms with Gasteiger partial charge in [-0.2, -0.15) is 0 Å². The Hall–Kier alpha value is -2.82. The van der Waals surface area contributed by atoms with Gasteiger partial charge in [-0.25, -0.2) is 18.7 Å². The normalized spacial score (nSPS) is 23.1. The standard InChI is InChI=1S/C23H26ClF2N5O3/c1-13-20(32)7-16(31(13)5-4-25)12-34-21-6-15(26)2-3-17(21)23(33)30-10-18(19(27)11-30)22-28-8-14(24)9-29-22/h2-3,6,8-9,13,16,20,32H,4-5,7,10-12,27H2,1H3. The van der Waals surface area contributed by atoms with Crippen molar-refractivity contribution in [2.45, 2.75) is 31.5 Å². The number of ether oxygens (including phenoxy) is 1. The highest BCUT2D eigenvalue weighted by Gasteiger charge is 2.38. The molecule has 3 N–H and O–H groups in total. The molecular weight excluding hydrogens is 468 g/mol. The lowest BCUT2D eigenvalue weighted by Crippen LogP contribution is -2.41.